The van der Waals surface area contributed by atoms with Crippen LogP contribution in [0, 0.1) is 0 Å². The monoisotopic (exact) mass is 457 g/mol. The fraction of sp³-hybridized carbons (Fsp3) is 0.0833. The first-order valence-corrected chi connectivity index (χ1v) is 11.1. The lowest BCUT2D eigenvalue weighted by molar-refractivity contribution is -0.113. The summed E-state index contributed by atoms with van der Waals surface area (Å²) in [5.41, 5.74) is 4.20. The summed E-state index contributed by atoms with van der Waals surface area (Å²) in [7, 11) is 1.60. The van der Waals surface area contributed by atoms with Gasteiger partial charge in [-0.05, 0) is 42.5 Å². The molecule has 5 rings (SSSR count). The molecule has 0 bridgehead atoms. The number of hydrogen-bond acceptors (Lipinski definition) is 7. The molecule has 2 N–H and O–H groups in total. The zero-order valence-corrected chi connectivity index (χ0v) is 18.4. The van der Waals surface area contributed by atoms with Crippen LogP contribution in [-0.2, 0) is 4.79 Å². The first kappa shape index (κ1) is 20.8. The molecule has 2 heterocycles. The predicted octanol–water partition coefficient (Wildman–Crippen LogP) is 5.02. The second kappa shape index (κ2) is 9.17. The third kappa shape index (κ3) is 4.73. The molecule has 8 nitrogen and oxygen atoms in total. The third-order valence-corrected chi connectivity index (χ3v) is 5.70. The van der Waals surface area contributed by atoms with E-state index in [1.54, 1.807) is 31.4 Å². The Labute approximate surface area is 193 Å². The standard InChI is InChI=1S/C24H19N5O3S/c1-31-18-10-8-17(9-11-18)25-21(30)14-33-24-29-28-23(32-24)16-7-12-19-20(13-16)27-22(26-19)15-5-3-2-4-6-15/h2-13H,14H2,1H3,(H,25,30)(H,26,27). The minimum Gasteiger partial charge on any atom is -0.497 e. The van der Waals surface area contributed by atoms with Crippen LogP contribution < -0.4 is 10.1 Å². The summed E-state index contributed by atoms with van der Waals surface area (Å²) in [6.07, 6.45) is 0. The number of methoxy groups -OCH3 is 1. The van der Waals surface area contributed by atoms with Gasteiger partial charge in [-0.15, -0.1) is 10.2 Å². The second-order valence-corrected chi connectivity index (χ2v) is 8.05. The van der Waals surface area contributed by atoms with Gasteiger partial charge in [0.15, 0.2) is 0 Å². The number of hydrogen-bond donors (Lipinski definition) is 2. The summed E-state index contributed by atoms with van der Waals surface area (Å²) in [5.74, 6) is 1.88. The zero-order valence-electron chi connectivity index (χ0n) is 17.6. The smallest absolute Gasteiger partial charge is 0.277 e. The van der Waals surface area contributed by atoms with Crippen LogP contribution in [0.5, 0.6) is 5.75 Å². The number of amides is 1. The van der Waals surface area contributed by atoms with Crippen molar-refractivity contribution in [1.29, 1.82) is 0 Å². The fourth-order valence-electron chi connectivity index (χ4n) is 3.26. The molecule has 0 aliphatic carbocycles. The first-order valence-electron chi connectivity index (χ1n) is 10.1. The Morgan fingerprint density at radius 1 is 1.03 bits per heavy atom. The van der Waals surface area contributed by atoms with E-state index >= 15 is 0 Å². The average Bonchev–Trinajstić information content (AvgIpc) is 3.50. The highest BCUT2D eigenvalue weighted by Gasteiger charge is 2.13. The molecule has 1 amide bonds. The summed E-state index contributed by atoms with van der Waals surface area (Å²) in [4.78, 5) is 20.2. The highest BCUT2D eigenvalue weighted by atomic mass is 32.2. The molecule has 164 valence electrons. The SMILES string of the molecule is COc1ccc(NC(=O)CSc2nnc(-c3ccc4nc(-c5ccccc5)[nH]c4c3)o2)cc1. The molecule has 0 radical (unpaired) electrons. The maximum atomic E-state index is 12.2. The first-order chi connectivity index (χ1) is 16.2. The van der Waals surface area contributed by atoms with Crippen molar-refractivity contribution >= 4 is 34.4 Å². The number of carbonyl (C=O) groups excluding carboxylic acids is 1. The summed E-state index contributed by atoms with van der Waals surface area (Å²) < 4.78 is 10.9. The second-order valence-electron chi connectivity index (χ2n) is 7.12. The Morgan fingerprint density at radius 3 is 2.64 bits per heavy atom. The third-order valence-electron chi connectivity index (χ3n) is 4.88. The van der Waals surface area contributed by atoms with Crippen molar-refractivity contribution in [3.8, 4) is 28.6 Å². The number of benzene rings is 3. The van der Waals surface area contributed by atoms with Crippen LogP contribution in [0.3, 0.4) is 0 Å². The van der Waals surface area contributed by atoms with E-state index in [0.29, 0.717) is 16.8 Å². The molecule has 0 atom stereocenters. The minimum atomic E-state index is -0.169. The molecule has 0 aliphatic heterocycles. The van der Waals surface area contributed by atoms with Gasteiger partial charge in [0.1, 0.15) is 11.6 Å². The summed E-state index contributed by atoms with van der Waals surface area (Å²) in [6, 6.07) is 22.8. The number of nitrogens with one attached hydrogen (secondary N) is 2. The molecule has 2 aromatic heterocycles. The van der Waals surface area contributed by atoms with Gasteiger partial charge >= 0.3 is 0 Å². The van der Waals surface area contributed by atoms with E-state index < -0.39 is 0 Å². The Morgan fingerprint density at radius 2 is 1.85 bits per heavy atom. The Kier molecular flexibility index (Phi) is 5.77. The van der Waals surface area contributed by atoms with Gasteiger partial charge in [-0.3, -0.25) is 4.79 Å². The van der Waals surface area contributed by atoms with Crippen LogP contribution in [0.4, 0.5) is 5.69 Å². The van der Waals surface area contributed by atoms with Crippen LogP contribution in [0.25, 0.3) is 33.9 Å². The quantitative estimate of drug-likeness (QED) is 0.331. The number of imidazole rings is 1. The minimum absolute atomic E-state index is 0.147. The molecule has 0 spiro atoms. The molecule has 0 aliphatic rings. The highest BCUT2D eigenvalue weighted by molar-refractivity contribution is 7.99. The number of rotatable bonds is 7. The van der Waals surface area contributed by atoms with E-state index in [-0.39, 0.29) is 11.7 Å². The largest absolute Gasteiger partial charge is 0.497 e. The number of anilines is 1. The zero-order chi connectivity index (χ0) is 22.6. The molecule has 0 unspecified atom stereocenters. The predicted molar refractivity (Wildman–Crippen MR) is 127 cm³/mol. The number of ether oxygens (including phenoxy) is 1. The van der Waals surface area contributed by atoms with Crippen molar-refractivity contribution in [3.05, 3.63) is 72.8 Å². The summed E-state index contributed by atoms with van der Waals surface area (Å²) in [6.45, 7) is 0. The normalized spacial score (nSPS) is 10.9. The van der Waals surface area contributed by atoms with Crippen molar-refractivity contribution in [2.45, 2.75) is 5.22 Å². The van der Waals surface area contributed by atoms with Crippen LogP contribution in [0.2, 0.25) is 0 Å². The van der Waals surface area contributed by atoms with Gasteiger partial charge in [0.05, 0.1) is 23.9 Å². The van der Waals surface area contributed by atoms with Crippen LogP contribution in [-0.4, -0.2) is 38.9 Å². The van der Waals surface area contributed by atoms with Crippen molar-refractivity contribution in [1.82, 2.24) is 20.2 Å². The Bertz CT molecular complexity index is 1400. The van der Waals surface area contributed by atoms with Crippen molar-refractivity contribution < 1.29 is 13.9 Å². The number of carbonyl (C=O) groups is 1. The number of thioether (sulfide) groups is 1. The lowest BCUT2D eigenvalue weighted by Gasteiger charge is -2.05. The lowest BCUT2D eigenvalue weighted by Crippen LogP contribution is -2.13. The van der Waals surface area contributed by atoms with Gasteiger partial charge in [-0.25, -0.2) is 4.98 Å². The maximum Gasteiger partial charge on any atom is 0.277 e. The lowest BCUT2D eigenvalue weighted by atomic mass is 10.2. The van der Waals surface area contributed by atoms with Gasteiger partial charge in [0.2, 0.25) is 11.8 Å². The van der Waals surface area contributed by atoms with E-state index in [0.717, 1.165) is 33.7 Å². The molecule has 5 aromatic rings. The highest BCUT2D eigenvalue weighted by Crippen LogP contribution is 2.27. The molecular weight excluding hydrogens is 438 g/mol. The Hall–Kier alpha value is -4.11. The number of aromatic amines is 1. The van der Waals surface area contributed by atoms with Gasteiger partial charge in [0, 0.05) is 16.8 Å². The molecule has 9 heteroatoms. The van der Waals surface area contributed by atoms with Crippen molar-refractivity contribution in [3.63, 3.8) is 0 Å². The average molecular weight is 458 g/mol. The number of nitrogens with zero attached hydrogens (tertiary/aromatic N) is 3. The van der Waals surface area contributed by atoms with Gasteiger partial charge in [-0.2, -0.15) is 0 Å². The van der Waals surface area contributed by atoms with Crippen LogP contribution in [0.15, 0.2) is 82.4 Å². The van der Waals surface area contributed by atoms with E-state index in [9.17, 15) is 4.79 Å². The van der Waals surface area contributed by atoms with Crippen molar-refractivity contribution in [2.24, 2.45) is 0 Å². The van der Waals surface area contributed by atoms with Gasteiger partial charge < -0.3 is 19.5 Å². The number of H-pyrrole nitrogens is 1. The van der Waals surface area contributed by atoms with Gasteiger partial charge in [0.25, 0.3) is 5.22 Å². The number of fused-ring (bicyclic) bond motifs is 1. The van der Waals surface area contributed by atoms with E-state index in [4.69, 9.17) is 9.15 Å². The maximum absolute atomic E-state index is 12.2. The molecule has 0 fully saturated rings. The molecule has 0 saturated carbocycles. The summed E-state index contributed by atoms with van der Waals surface area (Å²) >= 11 is 1.18. The topological polar surface area (TPSA) is 106 Å². The van der Waals surface area contributed by atoms with E-state index in [1.165, 1.54) is 11.8 Å². The van der Waals surface area contributed by atoms with E-state index in [2.05, 4.69) is 25.5 Å². The summed E-state index contributed by atoms with van der Waals surface area (Å²) in [5, 5.41) is 11.3. The Balaban J connectivity index is 1.24. The van der Waals surface area contributed by atoms with Crippen LogP contribution in [0.1, 0.15) is 0 Å². The van der Waals surface area contributed by atoms with E-state index in [1.807, 2.05) is 48.5 Å². The molecule has 0 saturated heterocycles. The molecular formula is C24H19N5O3S. The van der Waals surface area contributed by atoms with Crippen LogP contribution >= 0.6 is 11.8 Å². The van der Waals surface area contributed by atoms with Crippen molar-refractivity contribution in [2.75, 3.05) is 18.2 Å². The van der Waals surface area contributed by atoms with Gasteiger partial charge in [-0.1, -0.05) is 42.1 Å². The molecule has 3 aromatic carbocycles. The molecule has 33 heavy (non-hydrogen) atoms. The number of aromatic nitrogens is 4. The fourth-order valence-corrected chi connectivity index (χ4v) is 3.82.